The highest BCUT2D eigenvalue weighted by molar-refractivity contribution is 5.99. The number of para-hydroxylation sites is 1. The lowest BCUT2D eigenvalue weighted by Crippen LogP contribution is -2.40. The molecule has 132 valence electrons. The zero-order chi connectivity index (χ0) is 18.6. The van der Waals surface area contributed by atoms with E-state index in [2.05, 4.69) is 0 Å². The van der Waals surface area contributed by atoms with E-state index >= 15 is 0 Å². The van der Waals surface area contributed by atoms with E-state index in [1.807, 2.05) is 37.3 Å². The van der Waals surface area contributed by atoms with Gasteiger partial charge in [-0.25, -0.2) is 9.59 Å². The monoisotopic (exact) mass is 343 g/mol. The predicted octanol–water partition coefficient (Wildman–Crippen LogP) is 2.86. The number of ether oxygens (including phenoxy) is 1. The summed E-state index contributed by atoms with van der Waals surface area (Å²) < 4.78 is 10.3. The van der Waals surface area contributed by atoms with Crippen molar-refractivity contribution >= 4 is 17.6 Å². The van der Waals surface area contributed by atoms with Crippen molar-refractivity contribution in [2.45, 2.75) is 33.8 Å². The van der Waals surface area contributed by atoms with Gasteiger partial charge in [0.2, 0.25) is 0 Å². The van der Waals surface area contributed by atoms with Crippen molar-refractivity contribution in [2.75, 3.05) is 11.4 Å². The van der Waals surface area contributed by atoms with Gasteiger partial charge in [-0.15, -0.1) is 0 Å². The Hall–Kier alpha value is -2.89. The Kier molecular flexibility index (Phi) is 5.75. The molecule has 0 saturated heterocycles. The van der Waals surface area contributed by atoms with Crippen molar-refractivity contribution in [1.82, 2.24) is 0 Å². The first-order valence-electron chi connectivity index (χ1n) is 8.04. The minimum absolute atomic E-state index is 0.169. The second-order valence-corrected chi connectivity index (χ2v) is 5.65. The first-order chi connectivity index (χ1) is 11.8. The van der Waals surface area contributed by atoms with Crippen LogP contribution in [0.25, 0.3) is 0 Å². The van der Waals surface area contributed by atoms with Gasteiger partial charge in [0.15, 0.2) is 6.10 Å². The van der Waals surface area contributed by atoms with E-state index in [0.717, 1.165) is 5.69 Å². The van der Waals surface area contributed by atoms with Gasteiger partial charge in [0.25, 0.3) is 5.91 Å². The highest BCUT2D eigenvalue weighted by Crippen LogP contribution is 2.17. The average molecular weight is 343 g/mol. The maximum atomic E-state index is 12.6. The zero-order valence-electron chi connectivity index (χ0n) is 14.7. The van der Waals surface area contributed by atoms with E-state index in [1.165, 1.54) is 19.9 Å². The van der Waals surface area contributed by atoms with Crippen LogP contribution in [0, 0.1) is 13.8 Å². The molecule has 0 aliphatic heterocycles. The lowest BCUT2D eigenvalue weighted by atomic mass is 10.1. The molecule has 1 aromatic carbocycles. The summed E-state index contributed by atoms with van der Waals surface area (Å²) >= 11 is 0. The van der Waals surface area contributed by atoms with E-state index in [1.54, 1.807) is 11.8 Å². The van der Waals surface area contributed by atoms with Crippen molar-refractivity contribution in [1.29, 1.82) is 0 Å². The number of esters is 1. The number of rotatable bonds is 5. The number of hydrogen-bond donors (Lipinski definition) is 0. The summed E-state index contributed by atoms with van der Waals surface area (Å²) in [4.78, 5) is 37.9. The standard InChI is InChI=1S/C19H21NO5/c1-5-20(15-9-7-6-8-10-15)18(22)14(4)25-19(23)17-12(2)11-16(21)24-13(17)3/h6-11,14H,5H2,1-4H3/t14-/m1/s1. The molecule has 0 radical (unpaired) electrons. The molecule has 6 nitrogen and oxygen atoms in total. The smallest absolute Gasteiger partial charge is 0.342 e. The Morgan fingerprint density at radius 3 is 2.40 bits per heavy atom. The molecule has 6 heteroatoms. The van der Waals surface area contributed by atoms with Gasteiger partial charge in [-0.1, -0.05) is 18.2 Å². The van der Waals surface area contributed by atoms with E-state index in [0.29, 0.717) is 12.1 Å². The Morgan fingerprint density at radius 2 is 1.84 bits per heavy atom. The Bertz CT molecular complexity index is 799. The molecule has 0 unspecified atom stereocenters. The van der Waals surface area contributed by atoms with Crippen LogP contribution >= 0.6 is 0 Å². The molecule has 0 N–H and O–H groups in total. The van der Waals surface area contributed by atoms with Crippen LogP contribution in [0.3, 0.4) is 0 Å². The summed E-state index contributed by atoms with van der Waals surface area (Å²) in [5.74, 6) is -0.844. The molecule has 0 aliphatic rings. The molecule has 0 saturated carbocycles. The minimum Gasteiger partial charge on any atom is -0.449 e. The van der Waals surface area contributed by atoms with E-state index in [-0.39, 0.29) is 17.2 Å². The number of aryl methyl sites for hydroxylation is 2. The molecule has 0 spiro atoms. The van der Waals surface area contributed by atoms with Crippen LogP contribution in [-0.4, -0.2) is 24.5 Å². The fourth-order valence-electron chi connectivity index (χ4n) is 2.63. The molecule has 2 aromatic rings. The molecule has 1 amide bonds. The third-order valence-electron chi connectivity index (χ3n) is 3.82. The van der Waals surface area contributed by atoms with Gasteiger partial charge in [-0.05, 0) is 45.4 Å². The first-order valence-corrected chi connectivity index (χ1v) is 8.04. The SMILES string of the molecule is CCN(C(=O)[C@@H](C)OC(=O)c1c(C)cc(=O)oc1C)c1ccccc1. The molecule has 0 fully saturated rings. The minimum atomic E-state index is -0.974. The van der Waals surface area contributed by atoms with E-state index < -0.39 is 17.7 Å². The van der Waals surface area contributed by atoms with Crippen molar-refractivity contribution in [3.63, 3.8) is 0 Å². The summed E-state index contributed by atoms with van der Waals surface area (Å²) in [6, 6.07) is 10.4. The summed E-state index contributed by atoms with van der Waals surface area (Å²) in [5, 5.41) is 0. The number of carbonyl (C=O) groups is 2. The van der Waals surface area contributed by atoms with Gasteiger partial charge in [0.05, 0.1) is 0 Å². The van der Waals surface area contributed by atoms with Crippen LogP contribution in [0.15, 0.2) is 45.6 Å². The molecular formula is C19H21NO5. The Labute approximate surface area is 146 Å². The topological polar surface area (TPSA) is 76.8 Å². The van der Waals surface area contributed by atoms with Crippen LogP contribution < -0.4 is 10.5 Å². The number of hydrogen-bond acceptors (Lipinski definition) is 5. The van der Waals surface area contributed by atoms with Crippen molar-refractivity contribution in [3.8, 4) is 0 Å². The van der Waals surface area contributed by atoms with E-state index in [4.69, 9.17) is 9.15 Å². The summed E-state index contributed by atoms with van der Waals surface area (Å²) in [6.07, 6.45) is -0.974. The van der Waals surface area contributed by atoms with Gasteiger partial charge in [0.1, 0.15) is 11.3 Å². The number of benzene rings is 1. The molecule has 1 atom stereocenters. The second-order valence-electron chi connectivity index (χ2n) is 5.65. The Balaban J connectivity index is 2.18. The third kappa shape index (κ3) is 4.15. The lowest BCUT2D eigenvalue weighted by Gasteiger charge is -2.24. The quantitative estimate of drug-likeness (QED) is 0.780. The lowest BCUT2D eigenvalue weighted by molar-refractivity contribution is -0.126. The van der Waals surface area contributed by atoms with Crippen LogP contribution in [0.2, 0.25) is 0 Å². The van der Waals surface area contributed by atoms with Crippen LogP contribution in [0.1, 0.15) is 35.5 Å². The average Bonchev–Trinajstić information content (AvgIpc) is 2.55. The predicted molar refractivity (Wildman–Crippen MR) is 93.8 cm³/mol. The highest BCUT2D eigenvalue weighted by Gasteiger charge is 2.26. The number of nitrogens with zero attached hydrogens (tertiary/aromatic N) is 1. The van der Waals surface area contributed by atoms with Crippen LogP contribution in [0.4, 0.5) is 5.69 Å². The van der Waals surface area contributed by atoms with Crippen molar-refractivity contribution in [3.05, 3.63) is 63.7 Å². The molecule has 1 heterocycles. The number of amides is 1. The van der Waals surface area contributed by atoms with Gasteiger partial charge >= 0.3 is 11.6 Å². The van der Waals surface area contributed by atoms with E-state index in [9.17, 15) is 14.4 Å². The molecule has 2 rings (SSSR count). The number of carbonyl (C=O) groups excluding carboxylic acids is 2. The molecule has 25 heavy (non-hydrogen) atoms. The summed E-state index contributed by atoms with van der Waals surface area (Å²) in [7, 11) is 0. The largest absolute Gasteiger partial charge is 0.449 e. The van der Waals surface area contributed by atoms with Crippen LogP contribution in [-0.2, 0) is 9.53 Å². The first kappa shape index (κ1) is 18.4. The Morgan fingerprint density at radius 1 is 1.20 bits per heavy atom. The van der Waals surface area contributed by atoms with Gasteiger partial charge in [0, 0.05) is 18.3 Å². The van der Waals surface area contributed by atoms with Gasteiger partial charge in [-0.2, -0.15) is 0 Å². The van der Waals surface area contributed by atoms with Gasteiger partial charge < -0.3 is 14.1 Å². The molecule has 0 aliphatic carbocycles. The van der Waals surface area contributed by atoms with Crippen molar-refractivity contribution in [2.24, 2.45) is 0 Å². The number of anilines is 1. The molecule has 0 bridgehead atoms. The normalized spacial score (nSPS) is 11.7. The maximum absolute atomic E-state index is 12.6. The third-order valence-corrected chi connectivity index (χ3v) is 3.82. The number of likely N-dealkylation sites (N-methyl/N-ethyl adjacent to an activating group) is 1. The summed E-state index contributed by atoms with van der Waals surface area (Å²) in [6.45, 7) is 6.95. The second kappa shape index (κ2) is 7.79. The van der Waals surface area contributed by atoms with Gasteiger partial charge in [-0.3, -0.25) is 4.79 Å². The fourth-order valence-corrected chi connectivity index (χ4v) is 2.63. The fraction of sp³-hybridized carbons (Fsp3) is 0.316. The zero-order valence-corrected chi connectivity index (χ0v) is 14.7. The molecule has 1 aromatic heterocycles. The highest BCUT2D eigenvalue weighted by atomic mass is 16.5. The van der Waals surface area contributed by atoms with Crippen molar-refractivity contribution < 1.29 is 18.7 Å². The molecular weight excluding hydrogens is 322 g/mol. The maximum Gasteiger partial charge on any atom is 0.342 e. The summed E-state index contributed by atoms with van der Waals surface area (Å²) in [5.41, 5.74) is 0.823. The van der Waals surface area contributed by atoms with Crippen LogP contribution in [0.5, 0.6) is 0 Å².